The van der Waals surface area contributed by atoms with Crippen LogP contribution in [0.3, 0.4) is 0 Å². The smallest absolute Gasteiger partial charge is 0.118 e. The maximum atomic E-state index is 5.23. The van der Waals surface area contributed by atoms with Crippen molar-refractivity contribution in [3.63, 3.8) is 0 Å². The van der Waals surface area contributed by atoms with E-state index in [1.165, 1.54) is 44.1 Å². The monoisotopic (exact) mass is 287 g/mol. The molecule has 0 atom stereocenters. The molecule has 0 radical (unpaired) electrons. The van der Waals surface area contributed by atoms with Crippen LogP contribution in [0.2, 0.25) is 0 Å². The van der Waals surface area contributed by atoms with E-state index in [1.54, 1.807) is 7.11 Å². The van der Waals surface area contributed by atoms with Gasteiger partial charge in [-0.2, -0.15) is 0 Å². The Labute approximate surface area is 129 Å². The summed E-state index contributed by atoms with van der Waals surface area (Å²) in [7, 11) is 1.73. The quantitative estimate of drug-likeness (QED) is 0.880. The Kier molecular flexibility index (Phi) is 4.26. The summed E-state index contributed by atoms with van der Waals surface area (Å²) in [6.07, 6.45) is 8.06. The SMILES string of the molecule is COc1ccc(C2CC(NC3CCC(C)(C)CC3)C2)cc1. The van der Waals surface area contributed by atoms with Crippen LogP contribution in [0, 0.1) is 5.41 Å². The minimum Gasteiger partial charge on any atom is -0.497 e. The molecular weight excluding hydrogens is 258 g/mol. The Hall–Kier alpha value is -1.02. The van der Waals surface area contributed by atoms with Gasteiger partial charge < -0.3 is 10.1 Å². The van der Waals surface area contributed by atoms with Crippen LogP contribution in [0.25, 0.3) is 0 Å². The predicted octanol–water partition coefficient (Wildman–Crippen LogP) is 4.50. The first-order valence-electron chi connectivity index (χ1n) is 8.46. The van der Waals surface area contributed by atoms with Gasteiger partial charge in [-0.05, 0) is 67.6 Å². The highest BCUT2D eigenvalue weighted by Gasteiger charge is 2.33. The molecule has 0 saturated heterocycles. The molecule has 116 valence electrons. The van der Waals surface area contributed by atoms with Crippen molar-refractivity contribution in [2.24, 2.45) is 5.41 Å². The van der Waals surface area contributed by atoms with Crippen LogP contribution in [0.15, 0.2) is 24.3 Å². The van der Waals surface area contributed by atoms with E-state index < -0.39 is 0 Å². The fourth-order valence-electron chi connectivity index (χ4n) is 3.80. The topological polar surface area (TPSA) is 21.3 Å². The molecule has 2 heteroatoms. The Morgan fingerprint density at radius 2 is 1.62 bits per heavy atom. The minimum atomic E-state index is 0.573. The molecule has 2 aliphatic carbocycles. The fraction of sp³-hybridized carbons (Fsp3) is 0.684. The van der Waals surface area contributed by atoms with Gasteiger partial charge in [0.25, 0.3) is 0 Å². The van der Waals surface area contributed by atoms with Gasteiger partial charge in [0.05, 0.1) is 7.11 Å². The van der Waals surface area contributed by atoms with Crippen molar-refractivity contribution in [2.45, 2.75) is 70.4 Å². The number of nitrogens with one attached hydrogen (secondary N) is 1. The molecule has 2 aliphatic rings. The normalized spacial score (nSPS) is 28.9. The highest BCUT2D eigenvalue weighted by Crippen LogP contribution is 2.40. The van der Waals surface area contributed by atoms with Crippen LogP contribution in [0.5, 0.6) is 5.75 Å². The van der Waals surface area contributed by atoms with Gasteiger partial charge in [-0.3, -0.25) is 0 Å². The third-order valence-electron chi connectivity index (χ3n) is 5.54. The Morgan fingerprint density at radius 3 is 2.19 bits per heavy atom. The lowest BCUT2D eigenvalue weighted by Gasteiger charge is -2.42. The van der Waals surface area contributed by atoms with Crippen molar-refractivity contribution in [1.29, 1.82) is 0 Å². The first kappa shape index (κ1) is 14.9. The molecule has 2 saturated carbocycles. The number of rotatable bonds is 4. The molecule has 0 amide bonds. The molecule has 2 fully saturated rings. The van der Waals surface area contributed by atoms with E-state index in [-0.39, 0.29) is 0 Å². The lowest BCUT2D eigenvalue weighted by atomic mass is 9.73. The molecular formula is C19H29NO. The molecule has 3 rings (SSSR count). The second kappa shape index (κ2) is 6.00. The summed E-state index contributed by atoms with van der Waals surface area (Å²) in [5.41, 5.74) is 2.04. The third kappa shape index (κ3) is 3.60. The van der Waals surface area contributed by atoms with Gasteiger partial charge in [0, 0.05) is 12.1 Å². The average molecular weight is 287 g/mol. The zero-order chi connectivity index (χ0) is 14.9. The van der Waals surface area contributed by atoms with Crippen molar-refractivity contribution in [3.8, 4) is 5.75 Å². The highest BCUT2D eigenvalue weighted by molar-refractivity contribution is 5.30. The second-order valence-corrected chi connectivity index (χ2v) is 7.74. The summed E-state index contributed by atoms with van der Waals surface area (Å²) in [5, 5.41) is 3.89. The van der Waals surface area contributed by atoms with E-state index in [2.05, 4.69) is 43.4 Å². The molecule has 1 aromatic carbocycles. The number of hydrogen-bond donors (Lipinski definition) is 1. The van der Waals surface area contributed by atoms with Crippen LogP contribution in [-0.2, 0) is 0 Å². The first-order chi connectivity index (χ1) is 10.1. The van der Waals surface area contributed by atoms with Gasteiger partial charge >= 0.3 is 0 Å². The van der Waals surface area contributed by atoms with E-state index >= 15 is 0 Å². The maximum Gasteiger partial charge on any atom is 0.118 e. The largest absolute Gasteiger partial charge is 0.497 e. The maximum absolute atomic E-state index is 5.23. The van der Waals surface area contributed by atoms with E-state index in [9.17, 15) is 0 Å². The molecule has 0 heterocycles. The van der Waals surface area contributed by atoms with Crippen LogP contribution in [0.1, 0.15) is 63.9 Å². The van der Waals surface area contributed by atoms with E-state index in [4.69, 9.17) is 4.74 Å². The second-order valence-electron chi connectivity index (χ2n) is 7.74. The van der Waals surface area contributed by atoms with Gasteiger partial charge in [-0.25, -0.2) is 0 Å². The van der Waals surface area contributed by atoms with Crippen molar-refractivity contribution in [1.82, 2.24) is 5.32 Å². The Morgan fingerprint density at radius 1 is 1.00 bits per heavy atom. The summed E-state index contributed by atoms with van der Waals surface area (Å²) in [6.45, 7) is 4.82. The van der Waals surface area contributed by atoms with Crippen LogP contribution >= 0.6 is 0 Å². The standard InChI is InChI=1S/C19H29NO/c1-19(2)10-8-16(9-11-19)20-17-12-15(13-17)14-4-6-18(21-3)7-5-14/h4-7,15-17,20H,8-13H2,1-3H3. The Balaban J connectivity index is 1.43. The van der Waals surface area contributed by atoms with E-state index in [1.807, 2.05) is 0 Å². The number of hydrogen-bond acceptors (Lipinski definition) is 2. The molecule has 0 bridgehead atoms. The van der Waals surface area contributed by atoms with Crippen molar-refractivity contribution in [2.75, 3.05) is 7.11 Å². The first-order valence-corrected chi connectivity index (χ1v) is 8.46. The number of benzene rings is 1. The molecule has 0 aliphatic heterocycles. The molecule has 0 unspecified atom stereocenters. The zero-order valence-electron chi connectivity index (χ0n) is 13.7. The zero-order valence-corrected chi connectivity index (χ0v) is 13.7. The van der Waals surface area contributed by atoms with Gasteiger partial charge in [-0.1, -0.05) is 26.0 Å². The summed E-state index contributed by atoms with van der Waals surface area (Å²) in [6, 6.07) is 10.1. The van der Waals surface area contributed by atoms with Crippen molar-refractivity contribution < 1.29 is 4.74 Å². The Bertz CT molecular complexity index is 449. The summed E-state index contributed by atoms with van der Waals surface area (Å²) in [4.78, 5) is 0. The van der Waals surface area contributed by atoms with Gasteiger partial charge in [0.1, 0.15) is 5.75 Å². The van der Waals surface area contributed by atoms with E-state index in [0.717, 1.165) is 23.8 Å². The fourth-order valence-corrected chi connectivity index (χ4v) is 3.80. The number of methoxy groups -OCH3 is 1. The molecule has 0 aromatic heterocycles. The summed E-state index contributed by atoms with van der Waals surface area (Å²) in [5.74, 6) is 1.70. The van der Waals surface area contributed by atoms with Gasteiger partial charge in [0.15, 0.2) is 0 Å². The summed E-state index contributed by atoms with van der Waals surface area (Å²) >= 11 is 0. The van der Waals surface area contributed by atoms with Gasteiger partial charge in [0.2, 0.25) is 0 Å². The van der Waals surface area contributed by atoms with Crippen LogP contribution in [0.4, 0.5) is 0 Å². The third-order valence-corrected chi connectivity index (χ3v) is 5.54. The van der Waals surface area contributed by atoms with Gasteiger partial charge in [-0.15, -0.1) is 0 Å². The lowest BCUT2D eigenvalue weighted by Crippen LogP contribution is -2.47. The van der Waals surface area contributed by atoms with Crippen molar-refractivity contribution in [3.05, 3.63) is 29.8 Å². The molecule has 0 spiro atoms. The molecule has 1 N–H and O–H groups in total. The van der Waals surface area contributed by atoms with Crippen LogP contribution < -0.4 is 10.1 Å². The minimum absolute atomic E-state index is 0.573. The van der Waals surface area contributed by atoms with E-state index in [0.29, 0.717) is 5.41 Å². The predicted molar refractivity (Wildman–Crippen MR) is 87.9 cm³/mol. The average Bonchev–Trinajstić information content (AvgIpc) is 2.44. The van der Waals surface area contributed by atoms with Crippen LogP contribution in [-0.4, -0.2) is 19.2 Å². The van der Waals surface area contributed by atoms with Crippen molar-refractivity contribution >= 4 is 0 Å². The highest BCUT2D eigenvalue weighted by atomic mass is 16.5. The molecule has 1 aromatic rings. The number of ether oxygens (including phenoxy) is 1. The lowest BCUT2D eigenvalue weighted by molar-refractivity contribution is 0.174. The molecule has 21 heavy (non-hydrogen) atoms. The summed E-state index contributed by atoms with van der Waals surface area (Å²) < 4.78 is 5.23. The molecule has 2 nitrogen and oxygen atoms in total.